The molecule has 0 amide bonds. The molecule has 0 aliphatic rings. The smallest absolute Gasteiger partial charge is 0.140 e. The van der Waals surface area contributed by atoms with Gasteiger partial charge < -0.3 is 4.74 Å². The monoisotopic (exact) mass is 262 g/mol. The van der Waals surface area contributed by atoms with Crippen molar-refractivity contribution in [2.24, 2.45) is 5.92 Å². The first-order valence-electron chi connectivity index (χ1n) is 6.71. The number of hydrogen-bond acceptors (Lipinski definition) is 3. The molecule has 0 saturated heterocycles. The first kappa shape index (κ1) is 15.4. The molecule has 0 saturated carbocycles. The lowest BCUT2D eigenvalue weighted by Gasteiger charge is -2.11. The van der Waals surface area contributed by atoms with Gasteiger partial charge in [0.25, 0.3) is 0 Å². The predicted molar refractivity (Wildman–Crippen MR) is 75.4 cm³/mol. The van der Waals surface area contributed by atoms with Gasteiger partial charge in [0, 0.05) is 0 Å². The zero-order valence-electron chi connectivity index (χ0n) is 11.9. The van der Waals surface area contributed by atoms with Crippen molar-refractivity contribution in [3.63, 3.8) is 0 Å². The second-order valence-corrected chi connectivity index (χ2v) is 4.88. The molecule has 1 aromatic rings. The summed E-state index contributed by atoms with van der Waals surface area (Å²) in [5.74, 6) is 0.398. The van der Waals surface area contributed by atoms with E-state index >= 15 is 0 Å². The van der Waals surface area contributed by atoms with E-state index in [4.69, 9.17) is 4.74 Å². The maximum atomic E-state index is 11.3. The number of benzene rings is 1. The summed E-state index contributed by atoms with van der Waals surface area (Å²) >= 11 is 0. The van der Waals surface area contributed by atoms with Gasteiger partial charge in [-0.15, -0.1) is 0 Å². The number of carbonyl (C=O) groups excluding carboxylic acids is 2. The minimum atomic E-state index is -0.432. The van der Waals surface area contributed by atoms with Crippen molar-refractivity contribution in [2.45, 2.75) is 40.0 Å². The van der Waals surface area contributed by atoms with E-state index in [1.54, 1.807) is 0 Å². The quantitative estimate of drug-likeness (QED) is 0.533. The van der Waals surface area contributed by atoms with Crippen molar-refractivity contribution >= 4 is 11.6 Å². The van der Waals surface area contributed by atoms with Crippen LogP contribution in [0, 0.1) is 12.8 Å². The van der Waals surface area contributed by atoms with Crippen LogP contribution in [0.5, 0.6) is 5.75 Å². The van der Waals surface area contributed by atoms with Gasteiger partial charge >= 0.3 is 0 Å². The highest BCUT2D eigenvalue weighted by Gasteiger charge is 2.18. The van der Waals surface area contributed by atoms with E-state index in [1.807, 2.05) is 31.2 Å². The largest absolute Gasteiger partial charge is 0.493 e. The Morgan fingerprint density at radius 2 is 1.74 bits per heavy atom. The summed E-state index contributed by atoms with van der Waals surface area (Å²) in [7, 11) is 0. The van der Waals surface area contributed by atoms with Crippen LogP contribution in [-0.2, 0) is 9.59 Å². The van der Waals surface area contributed by atoms with Crippen LogP contribution in [0.3, 0.4) is 0 Å². The molecule has 0 aliphatic carbocycles. The summed E-state index contributed by atoms with van der Waals surface area (Å²) in [6.45, 7) is 5.59. The maximum absolute atomic E-state index is 11.3. The minimum Gasteiger partial charge on any atom is -0.493 e. The Bertz CT molecular complexity index is 423. The van der Waals surface area contributed by atoms with Crippen LogP contribution in [0.25, 0.3) is 0 Å². The fourth-order valence-electron chi connectivity index (χ4n) is 2.04. The van der Waals surface area contributed by atoms with Crippen molar-refractivity contribution in [3.8, 4) is 5.75 Å². The van der Waals surface area contributed by atoms with Crippen LogP contribution in [0.15, 0.2) is 24.3 Å². The molecule has 1 aromatic carbocycles. The first-order chi connectivity index (χ1) is 9.02. The fraction of sp³-hybridized carbons (Fsp3) is 0.500. The topological polar surface area (TPSA) is 43.4 Å². The highest BCUT2D eigenvalue weighted by molar-refractivity contribution is 6.00. The Kier molecular flexibility index (Phi) is 6.26. The molecule has 3 heteroatoms. The van der Waals surface area contributed by atoms with Gasteiger partial charge in [-0.1, -0.05) is 18.2 Å². The van der Waals surface area contributed by atoms with Crippen molar-refractivity contribution < 1.29 is 14.3 Å². The van der Waals surface area contributed by atoms with E-state index in [2.05, 4.69) is 0 Å². The molecule has 0 aromatic heterocycles. The van der Waals surface area contributed by atoms with Gasteiger partial charge in [-0.2, -0.15) is 0 Å². The second kappa shape index (κ2) is 7.72. The molecule has 0 atom stereocenters. The van der Waals surface area contributed by atoms with Crippen molar-refractivity contribution in [3.05, 3.63) is 29.8 Å². The molecule has 0 unspecified atom stereocenters. The lowest BCUT2D eigenvalue weighted by Crippen LogP contribution is -2.19. The summed E-state index contributed by atoms with van der Waals surface area (Å²) in [5.41, 5.74) is 1.12. The molecule has 0 fully saturated rings. The standard InChI is InChI=1S/C16H22O3/c1-12-8-4-5-10-16(12)19-11-7-6-9-15(13(2)17)14(3)18/h4-5,8,10,15H,6-7,9,11H2,1-3H3. The number of ketones is 2. The highest BCUT2D eigenvalue weighted by atomic mass is 16.5. The normalized spacial score (nSPS) is 10.5. The number of carbonyl (C=O) groups is 2. The molecule has 0 bridgehead atoms. The molecule has 104 valence electrons. The summed E-state index contributed by atoms with van der Waals surface area (Å²) in [6.07, 6.45) is 2.31. The van der Waals surface area contributed by atoms with Crippen molar-refractivity contribution in [2.75, 3.05) is 6.61 Å². The number of ether oxygens (including phenoxy) is 1. The molecular weight excluding hydrogens is 240 g/mol. The summed E-state index contributed by atoms with van der Waals surface area (Å²) in [6, 6.07) is 7.89. The Labute approximate surface area is 115 Å². The average Bonchev–Trinajstić information content (AvgIpc) is 2.34. The molecule has 0 aliphatic heterocycles. The van der Waals surface area contributed by atoms with Gasteiger partial charge in [0.05, 0.1) is 12.5 Å². The van der Waals surface area contributed by atoms with Gasteiger partial charge in [-0.05, 0) is 51.7 Å². The third-order valence-corrected chi connectivity index (χ3v) is 3.22. The van der Waals surface area contributed by atoms with Crippen LogP contribution >= 0.6 is 0 Å². The minimum absolute atomic E-state index is 0.0349. The molecule has 1 rings (SSSR count). The Morgan fingerprint density at radius 1 is 1.11 bits per heavy atom. The predicted octanol–water partition coefficient (Wildman–Crippen LogP) is 3.34. The maximum Gasteiger partial charge on any atom is 0.140 e. The SMILES string of the molecule is CC(=O)C(CCCCOc1ccccc1C)C(C)=O. The second-order valence-electron chi connectivity index (χ2n) is 4.88. The molecule has 0 radical (unpaired) electrons. The molecule has 0 heterocycles. The molecule has 0 spiro atoms. The number of hydrogen-bond donors (Lipinski definition) is 0. The first-order valence-corrected chi connectivity index (χ1v) is 6.71. The zero-order valence-corrected chi connectivity index (χ0v) is 11.9. The lowest BCUT2D eigenvalue weighted by molar-refractivity contribution is -0.130. The van der Waals surface area contributed by atoms with Gasteiger partial charge in [0.2, 0.25) is 0 Å². The summed E-state index contributed by atoms with van der Waals surface area (Å²) in [5, 5.41) is 0. The average molecular weight is 262 g/mol. The third-order valence-electron chi connectivity index (χ3n) is 3.22. The summed E-state index contributed by atoms with van der Waals surface area (Å²) < 4.78 is 5.67. The van der Waals surface area contributed by atoms with E-state index in [1.165, 1.54) is 13.8 Å². The van der Waals surface area contributed by atoms with Crippen LogP contribution < -0.4 is 4.74 Å². The Hall–Kier alpha value is -1.64. The van der Waals surface area contributed by atoms with Crippen molar-refractivity contribution in [1.82, 2.24) is 0 Å². The van der Waals surface area contributed by atoms with Crippen LogP contribution in [0.4, 0.5) is 0 Å². The van der Waals surface area contributed by atoms with Gasteiger partial charge in [-0.3, -0.25) is 9.59 Å². The number of rotatable bonds is 8. The van der Waals surface area contributed by atoms with E-state index < -0.39 is 5.92 Å². The number of aryl methyl sites for hydroxylation is 1. The number of unbranched alkanes of at least 4 members (excludes halogenated alkanes) is 1. The van der Waals surface area contributed by atoms with Gasteiger partial charge in [0.15, 0.2) is 0 Å². The molecular formula is C16H22O3. The van der Waals surface area contributed by atoms with Crippen molar-refractivity contribution in [1.29, 1.82) is 0 Å². The van der Waals surface area contributed by atoms with Crippen LogP contribution in [-0.4, -0.2) is 18.2 Å². The number of Topliss-reactive ketones (excluding diaryl/α,β-unsaturated/α-hetero) is 2. The lowest BCUT2D eigenvalue weighted by atomic mass is 9.94. The molecule has 0 N–H and O–H groups in total. The van der Waals surface area contributed by atoms with Gasteiger partial charge in [0.1, 0.15) is 17.3 Å². The Balaban J connectivity index is 2.26. The zero-order chi connectivity index (χ0) is 14.3. The Morgan fingerprint density at radius 3 is 2.32 bits per heavy atom. The van der Waals surface area contributed by atoms with E-state index in [0.29, 0.717) is 13.0 Å². The fourth-order valence-corrected chi connectivity index (χ4v) is 2.04. The molecule has 19 heavy (non-hydrogen) atoms. The summed E-state index contributed by atoms with van der Waals surface area (Å²) in [4.78, 5) is 22.5. The van der Waals surface area contributed by atoms with E-state index in [0.717, 1.165) is 24.2 Å². The molecule has 3 nitrogen and oxygen atoms in total. The van der Waals surface area contributed by atoms with E-state index in [-0.39, 0.29) is 11.6 Å². The van der Waals surface area contributed by atoms with Crippen LogP contribution in [0.1, 0.15) is 38.7 Å². The van der Waals surface area contributed by atoms with Crippen LogP contribution in [0.2, 0.25) is 0 Å². The van der Waals surface area contributed by atoms with E-state index in [9.17, 15) is 9.59 Å². The highest BCUT2D eigenvalue weighted by Crippen LogP contribution is 2.17. The number of para-hydroxylation sites is 1. The van der Waals surface area contributed by atoms with Gasteiger partial charge in [-0.25, -0.2) is 0 Å². The third kappa shape index (κ3) is 5.25.